The van der Waals surface area contributed by atoms with Crippen molar-refractivity contribution in [2.75, 3.05) is 13.2 Å². The van der Waals surface area contributed by atoms with E-state index in [1.54, 1.807) is 38.1 Å². The van der Waals surface area contributed by atoms with Crippen LogP contribution in [0.4, 0.5) is 4.79 Å². The summed E-state index contributed by atoms with van der Waals surface area (Å²) in [5, 5.41) is 2.99. The summed E-state index contributed by atoms with van der Waals surface area (Å²) in [6.07, 6.45) is -0.148. The zero-order valence-electron chi connectivity index (χ0n) is 14.3. The van der Waals surface area contributed by atoms with Crippen LogP contribution in [0, 0.1) is 0 Å². The standard InChI is InChI=1S/C16H19ClN4O5/c1-16(2)14(24)21(15(25)18-16)7-6-12(22)19-20-13(23)9-26-11-5-3-4-10(17)8-11/h3-5,8H,6-7,9H2,1-2H3,(H,18,25)(H,19,22)(H,20,23). The summed E-state index contributed by atoms with van der Waals surface area (Å²) in [7, 11) is 0. The Morgan fingerprint density at radius 2 is 1.92 bits per heavy atom. The predicted molar refractivity (Wildman–Crippen MR) is 92.2 cm³/mol. The van der Waals surface area contributed by atoms with Crippen molar-refractivity contribution in [3.63, 3.8) is 0 Å². The molecule has 1 aromatic rings. The molecule has 3 N–H and O–H groups in total. The van der Waals surface area contributed by atoms with E-state index in [2.05, 4.69) is 16.2 Å². The molecule has 1 saturated heterocycles. The lowest BCUT2D eigenvalue weighted by molar-refractivity contribution is -0.132. The van der Waals surface area contributed by atoms with Crippen molar-refractivity contribution in [2.24, 2.45) is 0 Å². The van der Waals surface area contributed by atoms with Crippen molar-refractivity contribution in [3.8, 4) is 5.75 Å². The van der Waals surface area contributed by atoms with Crippen LogP contribution in [-0.2, 0) is 14.4 Å². The van der Waals surface area contributed by atoms with E-state index in [0.717, 1.165) is 4.90 Å². The first-order valence-corrected chi connectivity index (χ1v) is 8.17. The highest BCUT2D eigenvalue weighted by atomic mass is 35.5. The van der Waals surface area contributed by atoms with Gasteiger partial charge in [-0.25, -0.2) is 4.79 Å². The molecule has 10 heteroatoms. The van der Waals surface area contributed by atoms with E-state index in [4.69, 9.17) is 16.3 Å². The number of hydrogen-bond donors (Lipinski definition) is 3. The van der Waals surface area contributed by atoms with Gasteiger partial charge in [-0.1, -0.05) is 17.7 Å². The third-order valence-corrected chi connectivity index (χ3v) is 3.75. The number of imide groups is 1. The van der Waals surface area contributed by atoms with E-state index in [1.165, 1.54) is 0 Å². The number of nitrogens with zero attached hydrogens (tertiary/aromatic N) is 1. The predicted octanol–water partition coefficient (Wildman–Crippen LogP) is 0.587. The third-order valence-electron chi connectivity index (χ3n) is 3.51. The summed E-state index contributed by atoms with van der Waals surface area (Å²) in [6.45, 7) is 2.75. The largest absolute Gasteiger partial charge is 0.484 e. The molecule has 1 fully saturated rings. The van der Waals surface area contributed by atoms with Crippen molar-refractivity contribution in [1.29, 1.82) is 0 Å². The second-order valence-electron chi connectivity index (χ2n) is 6.10. The van der Waals surface area contributed by atoms with E-state index < -0.39 is 29.3 Å². The number of hydrazine groups is 1. The number of rotatable bonds is 6. The van der Waals surface area contributed by atoms with E-state index in [0.29, 0.717) is 10.8 Å². The minimum atomic E-state index is -0.987. The molecule has 0 unspecified atom stereocenters. The average molecular weight is 383 g/mol. The average Bonchev–Trinajstić information content (AvgIpc) is 2.77. The Hall–Kier alpha value is -2.81. The Morgan fingerprint density at radius 3 is 2.54 bits per heavy atom. The second-order valence-corrected chi connectivity index (χ2v) is 6.54. The van der Waals surface area contributed by atoms with Crippen LogP contribution in [0.15, 0.2) is 24.3 Å². The minimum absolute atomic E-state index is 0.0885. The maximum Gasteiger partial charge on any atom is 0.325 e. The Kier molecular flexibility index (Phi) is 6.04. The van der Waals surface area contributed by atoms with Gasteiger partial charge < -0.3 is 10.1 Å². The molecule has 0 saturated carbocycles. The lowest BCUT2D eigenvalue weighted by atomic mass is 10.1. The van der Waals surface area contributed by atoms with Crippen LogP contribution in [0.5, 0.6) is 5.75 Å². The summed E-state index contributed by atoms with van der Waals surface area (Å²) in [6, 6.07) is 5.98. The first-order chi connectivity index (χ1) is 12.2. The zero-order chi connectivity index (χ0) is 19.3. The third kappa shape index (κ3) is 5.09. The minimum Gasteiger partial charge on any atom is -0.484 e. The number of halogens is 1. The number of nitrogens with one attached hydrogen (secondary N) is 3. The molecule has 26 heavy (non-hydrogen) atoms. The van der Waals surface area contributed by atoms with Crippen LogP contribution in [0.2, 0.25) is 5.02 Å². The molecule has 140 valence electrons. The van der Waals surface area contributed by atoms with Gasteiger partial charge in [0.15, 0.2) is 6.61 Å². The van der Waals surface area contributed by atoms with Gasteiger partial charge in [0.2, 0.25) is 5.91 Å². The van der Waals surface area contributed by atoms with E-state index in [-0.39, 0.29) is 19.6 Å². The van der Waals surface area contributed by atoms with Crippen LogP contribution in [0.1, 0.15) is 20.3 Å². The van der Waals surface area contributed by atoms with Crippen LogP contribution in [0.25, 0.3) is 0 Å². The van der Waals surface area contributed by atoms with Crippen LogP contribution < -0.4 is 20.9 Å². The zero-order valence-corrected chi connectivity index (χ0v) is 15.1. The highest BCUT2D eigenvalue weighted by molar-refractivity contribution is 6.30. The highest BCUT2D eigenvalue weighted by Crippen LogP contribution is 2.17. The molecule has 1 heterocycles. The molecule has 5 amide bonds. The Morgan fingerprint density at radius 1 is 1.23 bits per heavy atom. The first kappa shape index (κ1) is 19.5. The van der Waals surface area contributed by atoms with E-state index in [9.17, 15) is 19.2 Å². The first-order valence-electron chi connectivity index (χ1n) is 7.79. The van der Waals surface area contributed by atoms with Gasteiger partial charge in [0.25, 0.3) is 11.8 Å². The van der Waals surface area contributed by atoms with Gasteiger partial charge in [0, 0.05) is 18.0 Å². The molecule has 2 rings (SSSR count). The monoisotopic (exact) mass is 382 g/mol. The topological polar surface area (TPSA) is 117 Å². The fraction of sp³-hybridized carbons (Fsp3) is 0.375. The normalized spacial score (nSPS) is 15.4. The number of carbonyl (C=O) groups is 4. The Labute approximate surface area is 155 Å². The Balaban J connectivity index is 1.69. The number of carbonyl (C=O) groups excluding carboxylic acids is 4. The molecule has 0 aliphatic carbocycles. The summed E-state index contributed by atoms with van der Waals surface area (Å²) in [4.78, 5) is 48.0. The lowest BCUT2D eigenvalue weighted by Crippen LogP contribution is -2.45. The molecule has 1 aromatic carbocycles. The molecule has 0 atom stereocenters. The molecular formula is C16H19ClN4O5. The number of ether oxygens (including phenoxy) is 1. The maximum atomic E-state index is 12.0. The number of amides is 5. The Bertz CT molecular complexity index is 737. The van der Waals surface area contributed by atoms with Crippen molar-refractivity contribution in [3.05, 3.63) is 29.3 Å². The fourth-order valence-corrected chi connectivity index (χ4v) is 2.36. The highest BCUT2D eigenvalue weighted by Gasteiger charge is 2.43. The SMILES string of the molecule is CC1(C)NC(=O)N(CCC(=O)NNC(=O)COc2cccc(Cl)c2)C1=O. The molecule has 0 bridgehead atoms. The molecule has 0 radical (unpaired) electrons. The van der Waals surface area contributed by atoms with Gasteiger partial charge >= 0.3 is 6.03 Å². The number of hydrogen-bond acceptors (Lipinski definition) is 5. The van der Waals surface area contributed by atoms with Crippen LogP contribution in [0.3, 0.4) is 0 Å². The van der Waals surface area contributed by atoms with Gasteiger partial charge in [-0.05, 0) is 32.0 Å². The molecular weight excluding hydrogens is 364 g/mol. The summed E-state index contributed by atoms with van der Waals surface area (Å²) < 4.78 is 5.22. The van der Waals surface area contributed by atoms with E-state index in [1.807, 2.05) is 0 Å². The summed E-state index contributed by atoms with van der Waals surface area (Å²) in [5.41, 5.74) is 3.38. The molecule has 0 aromatic heterocycles. The van der Waals surface area contributed by atoms with Gasteiger partial charge in [-0.3, -0.25) is 30.1 Å². The van der Waals surface area contributed by atoms with Gasteiger partial charge in [0.1, 0.15) is 11.3 Å². The molecule has 1 aliphatic heterocycles. The fourth-order valence-electron chi connectivity index (χ4n) is 2.18. The molecule has 1 aliphatic rings. The van der Waals surface area contributed by atoms with Crippen molar-refractivity contribution in [2.45, 2.75) is 25.8 Å². The molecule has 0 spiro atoms. The van der Waals surface area contributed by atoms with Crippen LogP contribution in [-0.4, -0.2) is 47.3 Å². The lowest BCUT2D eigenvalue weighted by Gasteiger charge is -2.15. The summed E-state index contributed by atoms with van der Waals surface area (Å²) >= 11 is 5.80. The molecule has 9 nitrogen and oxygen atoms in total. The van der Waals surface area contributed by atoms with Gasteiger partial charge in [-0.2, -0.15) is 0 Å². The summed E-state index contributed by atoms with van der Waals surface area (Å²) in [5.74, 6) is -1.12. The quantitative estimate of drug-likeness (QED) is 0.491. The van der Waals surface area contributed by atoms with Crippen molar-refractivity contribution >= 4 is 35.4 Å². The van der Waals surface area contributed by atoms with E-state index >= 15 is 0 Å². The number of urea groups is 1. The van der Waals surface area contributed by atoms with Crippen molar-refractivity contribution < 1.29 is 23.9 Å². The number of benzene rings is 1. The van der Waals surface area contributed by atoms with Gasteiger partial charge in [0.05, 0.1) is 0 Å². The maximum absolute atomic E-state index is 12.0. The van der Waals surface area contributed by atoms with Crippen LogP contribution >= 0.6 is 11.6 Å². The van der Waals surface area contributed by atoms with Crippen molar-refractivity contribution in [1.82, 2.24) is 21.1 Å². The second kappa shape index (κ2) is 8.05. The smallest absolute Gasteiger partial charge is 0.325 e. The van der Waals surface area contributed by atoms with Gasteiger partial charge in [-0.15, -0.1) is 0 Å².